The maximum absolute atomic E-state index is 12.0. The number of nitrogens with one attached hydrogen (secondary N) is 1. The molecule has 2 amide bonds. The second-order valence-corrected chi connectivity index (χ2v) is 8.66. The van der Waals surface area contributed by atoms with Crippen LogP contribution >= 0.6 is 11.8 Å². The van der Waals surface area contributed by atoms with E-state index in [9.17, 15) is 9.59 Å². The van der Waals surface area contributed by atoms with E-state index in [2.05, 4.69) is 10.3 Å². The molecule has 1 aliphatic heterocycles. The van der Waals surface area contributed by atoms with Crippen molar-refractivity contribution in [2.45, 2.75) is 20.1 Å². The highest BCUT2D eigenvalue weighted by molar-refractivity contribution is 8.18. The van der Waals surface area contributed by atoms with E-state index in [0.29, 0.717) is 40.5 Å². The molecule has 1 N–H and O–H groups in total. The number of amides is 2. The molecule has 0 radical (unpaired) electrons. The first-order valence-corrected chi connectivity index (χ1v) is 11.7. The highest BCUT2D eigenvalue weighted by Gasteiger charge is 2.22. The maximum Gasteiger partial charge on any atom is 0.286 e. The van der Waals surface area contributed by atoms with Crippen LogP contribution in [0.2, 0.25) is 0 Å². The van der Waals surface area contributed by atoms with Crippen LogP contribution < -0.4 is 19.5 Å². The molecule has 8 heteroatoms. The molecule has 0 bridgehead atoms. The fraction of sp³-hybridized carbons (Fsp3) is 0.148. The lowest BCUT2D eigenvalue weighted by molar-refractivity contribution is -0.117. The second-order valence-electron chi connectivity index (χ2n) is 7.63. The zero-order chi connectivity index (χ0) is 24.6. The van der Waals surface area contributed by atoms with Gasteiger partial charge in [-0.15, -0.1) is 0 Å². The minimum absolute atomic E-state index is 0.265. The summed E-state index contributed by atoms with van der Waals surface area (Å²) in [5.41, 5.74) is 2.85. The summed E-state index contributed by atoms with van der Waals surface area (Å²) >= 11 is 1.14. The molecule has 3 aromatic carbocycles. The van der Waals surface area contributed by atoms with E-state index >= 15 is 0 Å². The molecule has 0 atom stereocenters. The smallest absolute Gasteiger partial charge is 0.286 e. The van der Waals surface area contributed by atoms with Crippen molar-refractivity contribution >= 4 is 34.8 Å². The molecule has 35 heavy (non-hydrogen) atoms. The van der Waals surface area contributed by atoms with Crippen LogP contribution in [0.25, 0.3) is 6.08 Å². The van der Waals surface area contributed by atoms with E-state index in [0.717, 1.165) is 28.5 Å². The quantitative estimate of drug-likeness (QED) is 0.451. The lowest BCUT2D eigenvalue weighted by Gasteiger charge is -2.13. The normalized spacial score (nSPS) is 13.9. The number of hydrogen-bond donors (Lipinski definition) is 1. The maximum atomic E-state index is 12.0. The van der Waals surface area contributed by atoms with Crippen LogP contribution in [0.1, 0.15) is 23.6 Å². The second kappa shape index (κ2) is 11.4. The van der Waals surface area contributed by atoms with Crippen molar-refractivity contribution in [3.63, 3.8) is 0 Å². The van der Waals surface area contributed by atoms with Gasteiger partial charge in [0.05, 0.1) is 12.0 Å². The zero-order valence-corrected chi connectivity index (χ0v) is 20.1. The number of amidine groups is 1. The van der Waals surface area contributed by atoms with Gasteiger partial charge in [0, 0.05) is 6.92 Å². The lowest BCUT2D eigenvalue weighted by Crippen LogP contribution is -2.23. The molecular formula is C27H24N2O5S. The lowest BCUT2D eigenvalue weighted by atomic mass is 10.2. The zero-order valence-electron chi connectivity index (χ0n) is 19.3. The number of ether oxygens (including phenoxy) is 3. The summed E-state index contributed by atoms with van der Waals surface area (Å²) in [5, 5.41) is 2.82. The molecule has 4 rings (SSSR count). The first kappa shape index (κ1) is 24.1. The number of benzene rings is 3. The molecule has 0 saturated heterocycles. The van der Waals surface area contributed by atoms with Gasteiger partial charge in [0.15, 0.2) is 16.7 Å². The average molecular weight is 489 g/mol. The molecule has 0 aromatic heterocycles. The summed E-state index contributed by atoms with van der Waals surface area (Å²) in [6, 6.07) is 23.0. The Morgan fingerprint density at radius 1 is 0.943 bits per heavy atom. The van der Waals surface area contributed by atoms with Crippen molar-refractivity contribution in [3.05, 3.63) is 94.4 Å². The van der Waals surface area contributed by atoms with Gasteiger partial charge < -0.3 is 19.5 Å². The van der Waals surface area contributed by atoms with Gasteiger partial charge in [0.25, 0.3) is 5.91 Å². The average Bonchev–Trinajstić information content (AvgIpc) is 3.20. The molecule has 3 aromatic rings. The summed E-state index contributed by atoms with van der Waals surface area (Å²) in [6.45, 7) is 2.19. The van der Waals surface area contributed by atoms with Crippen LogP contribution in [0.15, 0.2) is 82.7 Å². The third-order valence-corrected chi connectivity index (χ3v) is 5.85. The predicted molar refractivity (Wildman–Crippen MR) is 136 cm³/mol. The minimum atomic E-state index is -0.371. The number of carbonyl (C=O) groups is 2. The van der Waals surface area contributed by atoms with E-state index in [1.165, 1.54) is 6.92 Å². The van der Waals surface area contributed by atoms with Crippen molar-refractivity contribution < 1.29 is 23.8 Å². The van der Waals surface area contributed by atoms with Gasteiger partial charge in [-0.25, -0.2) is 0 Å². The first-order chi connectivity index (χ1) is 17.0. The monoisotopic (exact) mass is 488 g/mol. The first-order valence-electron chi connectivity index (χ1n) is 10.9. The fourth-order valence-corrected chi connectivity index (χ4v) is 4.11. The topological polar surface area (TPSA) is 86.2 Å². The Hall–Kier alpha value is -4.04. The van der Waals surface area contributed by atoms with Gasteiger partial charge in [-0.1, -0.05) is 48.5 Å². The summed E-state index contributed by atoms with van der Waals surface area (Å²) in [6.07, 6.45) is 1.73. The Bertz CT molecular complexity index is 1270. The van der Waals surface area contributed by atoms with Crippen LogP contribution in [0.5, 0.6) is 17.2 Å². The number of methoxy groups -OCH3 is 1. The van der Waals surface area contributed by atoms with E-state index in [1.807, 2.05) is 72.8 Å². The Kier molecular flexibility index (Phi) is 7.84. The number of thioether (sulfide) groups is 1. The summed E-state index contributed by atoms with van der Waals surface area (Å²) < 4.78 is 17.3. The molecule has 0 spiro atoms. The van der Waals surface area contributed by atoms with Crippen LogP contribution in [-0.4, -0.2) is 24.1 Å². The number of hydrogen-bond acceptors (Lipinski definition) is 6. The van der Waals surface area contributed by atoms with Crippen molar-refractivity contribution in [1.29, 1.82) is 0 Å². The van der Waals surface area contributed by atoms with Gasteiger partial charge in [-0.2, -0.15) is 4.99 Å². The van der Waals surface area contributed by atoms with Crippen molar-refractivity contribution in [2.24, 2.45) is 4.99 Å². The fourth-order valence-electron chi connectivity index (χ4n) is 3.25. The Labute approximate surface area is 207 Å². The predicted octanol–water partition coefficient (Wildman–Crippen LogP) is 4.96. The standard InChI is InChI=1S/C27H24N2O5S/c1-18(30)28-27-29-26(31)25(35-27)15-19-8-11-22(12-9-19)33-17-21-10-13-23(24(14-21)32-2)34-16-20-6-4-3-5-7-20/h3-15H,16-17H2,1-2H3,(H,28,29,30,31)/b25-15+. The van der Waals surface area contributed by atoms with E-state index < -0.39 is 0 Å². The van der Waals surface area contributed by atoms with Gasteiger partial charge in [-0.05, 0) is 58.8 Å². The van der Waals surface area contributed by atoms with Crippen LogP contribution in [0, 0.1) is 0 Å². The minimum Gasteiger partial charge on any atom is -0.493 e. The highest BCUT2D eigenvalue weighted by atomic mass is 32.2. The number of aliphatic imine (C=N–C) groups is 1. The van der Waals surface area contributed by atoms with Gasteiger partial charge in [0.1, 0.15) is 19.0 Å². The SMILES string of the molecule is COc1cc(COc2ccc(/C=C3/SC(NC(C)=O)=NC3=O)cc2)ccc1OCc1ccccc1. The number of nitrogens with zero attached hydrogens (tertiary/aromatic N) is 1. The molecule has 1 heterocycles. The van der Waals surface area contributed by atoms with Gasteiger partial charge in [0.2, 0.25) is 5.91 Å². The summed E-state index contributed by atoms with van der Waals surface area (Å²) in [5.74, 6) is 1.37. The summed E-state index contributed by atoms with van der Waals surface area (Å²) in [7, 11) is 1.61. The van der Waals surface area contributed by atoms with Crippen LogP contribution in [0.4, 0.5) is 0 Å². The van der Waals surface area contributed by atoms with Gasteiger partial charge in [-0.3, -0.25) is 9.59 Å². The summed E-state index contributed by atoms with van der Waals surface area (Å²) in [4.78, 5) is 27.4. The Balaban J connectivity index is 1.33. The van der Waals surface area contributed by atoms with Crippen molar-refractivity contribution in [3.8, 4) is 17.2 Å². The molecule has 0 saturated carbocycles. The van der Waals surface area contributed by atoms with Crippen molar-refractivity contribution in [2.75, 3.05) is 7.11 Å². The molecule has 0 aliphatic carbocycles. The van der Waals surface area contributed by atoms with E-state index in [-0.39, 0.29) is 11.8 Å². The van der Waals surface area contributed by atoms with E-state index in [4.69, 9.17) is 14.2 Å². The highest BCUT2D eigenvalue weighted by Crippen LogP contribution is 2.30. The third kappa shape index (κ3) is 6.74. The molecule has 0 unspecified atom stereocenters. The largest absolute Gasteiger partial charge is 0.493 e. The van der Waals surface area contributed by atoms with Gasteiger partial charge >= 0.3 is 0 Å². The molecule has 1 aliphatic rings. The molecule has 0 fully saturated rings. The number of carbonyl (C=O) groups excluding carboxylic acids is 2. The Morgan fingerprint density at radius 2 is 1.69 bits per heavy atom. The van der Waals surface area contributed by atoms with Crippen molar-refractivity contribution in [1.82, 2.24) is 5.32 Å². The molecular weight excluding hydrogens is 464 g/mol. The number of rotatable bonds is 8. The third-order valence-electron chi connectivity index (χ3n) is 4.95. The van der Waals surface area contributed by atoms with Crippen LogP contribution in [-0.2, 0) is 22.8 Å². The molecule has 178 valence electrons. The van der Waals surface area contributed by atoms with E-state index in [1.54, 1.807) is 13.2 Å². The van der Waals surface area contributed by atoms with Crippen LogP contribution in [0.3, 0.4) is 0 Å². The Morgan fingerprint density at radius 3 is 2.40 bits per heavy atom. The molecule has 7 nitrogen and oxygen atoms in total.